The van der Waals surface area contributed by atoms with Gasteiger partial charge in [0, 0.05) is 56.9 Å². The maximum atomic E-state index is 7.88. The van der Waals surface area contributed by atoms with Gasteiger partial charge in [0.05, 0.1) is 6.61 Å². The molecular formula is C10H36Cl2O9. The first-order valence-corrected chi connectivity index (χ1v) is 5.61. The third kappa shape index (κ3) is 1360. The monoisotopic (exact) mass is 370 g/mol. The molecular weight excluding hydrogens is 335 g/mol. The summed E-state index contributed by atoms with van der Waals surface area (Å²) in [7, 11) is 8.00. The van der Waals surface area contributed by atoms with Gasteiger partial charge >= 0.3 is 0 Å². The predicted octanol–water partition coefficient (Wildman–Crippen LogP) is -2.35. The van der Waals surface area contributed by atoms with Crippen LogP contribution in [0, 0.1) is 0 Å². The molecule has 0 amide bonds. The van der Waals surface area contributed by atoms with E-state index in [4.69, 9.17) is 69.2 Å². The van der Waals surface area contributed by atoms with Crippen molar-refractivity contribution in [1.82, 2.24) is 0 Å². The number of halogens is 2. The maximum Gasteiger partial charge on any atom is 0.130 e. The van der Waals surface area contributed by atoms with E-state index >= 15 is 0 Å². The summed E-state index contributed by atoms with van der Waals surface area (Å²) < 4.78 is 0. The van der Waals surface area contributed by atoms with Crippen LogP contribution in [0.15, 0.2) is 0 Å². The highest BCUT2D eigenvalue weighted by Crippen LogP contribution is 1.96. The van der Waals surface area contributed by atoms with E-state index in [0.717, 1.165) is 56.9 Å². The van der Waals surface area contributed by atoms with Crippen molar-refractivity contribution in [2.75, 3.05) is 63.5 Å². The van der Waals surface area contributed by atoms with Gasteiger partial charge in [-0.05, 0) is 0 Å². The average molecular weight is 371 g/mol. The fourth-order valence-electron chi connectivity index (χ4n) is 0. The Bertz CT molecular complexity index is 42.5. The first-order chi connectivity index (χ1) is 10.3. The highest BCUT2D eigenvalue weighted by molar-refractivity contribution is 6.44. The van der Waals surface area contributed by atoms with Crippen LogP contribution in [0.2, 0.25) is 0 Å². The minimum Gasteiger partial charge on any atom is -0.400 e. The number of aliphatic hydroxyl groups is 9. The minimum absolute atomic E-state index is 0.164. The summed E-state index contributed by atoms with van der Waals surface area (Å²) in [6, 6.07) is 0. The van der Waals surface area contributed by atoms with E-state index < -0.39 is 4.84 Å². The SMILES string of the molecule is CO.CO.CO.CO.CO.CO.CO.CO.OCC(Cl)Cl. The van der Waals surface area contributed by atoms with Gasteiger partial charge in [0.2, 0.25) is 0 Å². The van der Waals surface area contributed by atoms with Gasteiger partial charge in [0.25, 0.3) is 0 Å². The van der Waals surface area contributed by atoms with Crippen molar-refractivity contribution < 1.29 is 46.0 Å². The van der Waals surface area contributed by atoms with Gasteiger partial charge in [-0.1, -0.05) is 0 Å². The molecule has 0 heterocycles. The molecule has 144 valence electrons. The molecule has 9 nitrogen and oxygen atoms in total. The smallest absolute Gasteiger partial charge is 0.130 e. The van der Waals surface area contributed by atoms with Gasteiger partial charge in [-0.15, -0.1) is 23.2 Å². The Labute approximate surface area is 138 Å². The van der Waals surface area contributed by atoms with Crippen LogP contribution in [-0.4, -0.2) is 114 Å². The Morgan fingerprint density at radius 1 is 0.476 bits per heavy atom. The van der Waals surface area contributed by atoms with E-state index in [1.54, 1.807) is 0 Å². The van der Waals surface area contributed by atoms with Crippen LogP contribution in [0.5, 0.6) is 0 Å². The van der Waals surface area contributed by atoms with E-state index in [-0.39, 0.29) is 6.61 Å². The largest absolute Gasteiger partial charge is 0.400 e. The summed E-state index contributed by atoms with van der Waals surface area (Å²) in [5.41, 5.74) is 0. The Morgan fingerprint density at radius 3 is 0.524 bits per heavy atom. The molecule has 0 rings (SSSR count). The molecule has 0 bridgehead atoms. The Balaban J connectivity index is -0.0000000115. The number of alkyl halides is 2. The molecule has 0 atom stereocenters. The summed E-state index contributed by atoms with van der Waals surface area (Å²) in [5, 5.41) is 63.9. The van der Waals surface area contributed by atoms with Gasteiger partial charge in [-0.2, -0.15) is 0 Å². The van der Waals surface area contributed by atoms with Crippen LogP contribution in [0.4, 0.5) is 0 Å². The molecule has 0 spiro atoms. The first kappa shape index (κ1) is 58.1. The molecule has 21 heavy (non-hydrogen) atoms. The predicted molar refractivity (Wildman–Crippen MR) is 87.7 cm³/mol. The van der Waals surface area contributed by atoms with E-state index in [2.05, 4.69) is 0 Å². The average Bonchev–Trinajstić information content (AvgIpc) is 2.68. The molecule has 0 radical (unpaired) electrons. The van der Waals surface area contributed by atoms with Crippen molar-refractivity contribution in [2.24, 2.45) is 0 Å². The molecule has 0 unspecified atom stereocenters. The van der Waals surface area contributed by atoms with Crippen LogP contribution >= 0.6 is 23.2 Å². The van der Waals surface area contributed by atoms with Crippen molar-refractivity contribution in [3.63, 3.8) is 0 Å². The molecule has 0 aliphatic carbocycles. The topological polar surface area (TPSA) is 182 Å². The lowest BCUT2D eigenvalue weighted by Crippen LogP contribution is -1.90. The van der Waals surface area contributed by atoms with Gasteiger partial charge in [-0.3, -0.25) is 0 Å². The molecule has 9 N–H and O–H groups in total. The molecule has 0 aromatic rings. The van der Waals surface area contributed by atoms with Crippen molar-refractivity contribution in [2.45, 2.75) is 4.84 Å². The standard InChI is InChI=1S/C2H4Cl2O.8CH4O/c3-2(4)1-5;8*1-2/h2,5H,1H2;8*2H,1H3. The van der Waals surface area contributed by atoms with Gasteiger partial charge in [-0.25, -0.2) is 0 Å². The second-order valence-corrected chi connectivity index (χ2v) is 1.85. The summed E-state index contributed by atoms with van der Waals surface area (Å²) in [5.74, 6) is 0. The summed E-state index contributed by atoms with van der Waals surface area (Å²) in [4.78, 5) is -0.616. The molecule has 0 aromatic carbocycles. The summed E-state index contributed by atoms with van der Waals surface area (Å²) >= 11 is 9.96. The molecule has 0 aliphatic heterocycles. The summed E-state index contributed by atoms with van der Waals surface area (Å²) in [6.07, 6.45) is 0. The molecule has 0 aromatic heterocycles. The van der Waals surface area contributed by atoms with Gasteiger partial charge < -0.3 is 46.0 Å². The third-order valence-corrected chi connectivity index (χ3v) is 0.414. The third-order valence-electron chi connectivity index (χ3n) is 0.138. The first-order valence-electron chi connectivity index (χ1n) is 4.74. The van der Waals surface area contributed by atoms with Crippen molar-refractivity contribution in [3.8, 4) is 0 Å². The number of aliphatic hydroxyl groups excluding tert-OH is 9. The maximum absolute atomic E-state index is 7.88. The van der Waals surface area contributed by atoms with E-state index in [9.17, 15) is 0 Å². The van der Waals surface area contributed by atoms with Crippen LogP contribution in [0.3, 0.4) is 0 Å². The van der Waals surface area contributed by atoms with E-state index in [1.807, 2.05) is 0 Å². The van der Waals surface area contributed by atoms with Crippen LogP contribution < -0.4 is 0 Å². The molecule has 0 fully saturated rings. The van der Waals surface area contributed by atoms with Crippen LogP contribution in [0.1, 0.15) is 0 Å². The highest BCUT2D eigenvalue weighted by atomic mass is 35.5. The second kappa shape index (κ2) is 419. The lowest BCUT2D eigenvalue weighted by atomic mass is 10.9. The molecule has 11 heteroatoms. The highest BCUT2D eigenvalue weighted by Gasteiger charge is 1.88. The fraction of sp³-hybridized carbons (Fsp3) is 1.00. The fourth-order valence-corrected chi connectivity index (χ4v) is 0. The zero-order chi connectivity index (χ0) is 20.3. The zero-order valence-corrected chi connectivity index (χ0v) is 15.6. The van der Waals surface area contributed by atoms with Crippen molar-refractivity contribution >= 4 is 23.2 Å². The number of hydrogen-bond acceptors (Lipinski definition) is 9. The van der Waals surface area contributed by atoms with E-state index in [1.165, 1.54) is 0 Å². The molecule has 0 saturated heterocycles. The minimum atomic E-state index is -0.616. The van der Waals surface area contributed by atoms with Crippen molar-refractivity contribution in [3.05, 3.63) is 0 Å². The number of hydrogen-bond donors (Lipinski definition) is 9. The normalized spacial score (nSPS) is 4.57. The van der Waals surface area contributed by atoms with E-state index in [0.29, 0.717) is 0 Å². The summed E-state index contributed by atoms with van der Waals surface area (Å²) in [6.45, 7) is -0.164. The lowest BCUT2D eigenvalue weighted by Gasteiger charge is -1.84. The second-order valence-electron chi connectivity index (χ2n) is 0.574. The Morgan fingerprint density at radius 2 is 0.524 bits per heavy atom. The zero-order valence-electron chi connectivity index (χ0n) is 14.1. The van der Waals surface area contributed by atoms with Gasteiger partial charge in [0.15, 0.2) is 0 Å². The molecule has 0 saturated carbocycles. The Hall–Kier alpha value is 0.220. The number of rotatable bonds is 1. The quantitative estimate of drug-likeness (QED) is 0.228. The van der Waals surface area contributed by atoms with Gasteiger partial charge in [0.1, 0.15) is 4.84 Å². The van der Waals surface area contributed by atoms with Crippen LogP contribution in [0.25, 0.3) is 0 Å². The Kier molecular flexibility index (Phi) is 1160. The molecule has 0 aliphatic rings. The lowest BCUT2D eigenvalue weighted by molar-refractivity contribution is 0.313. The van der Waals surface area contributed by atoms with Crippen molar-refractivity contribution in [1.29, 1.82) is 0 Å². The van der Waals surface area contributed by atoms with Crippen LogP contribution in [-0.2, 0) is 0 Å².